The SMILES string of the molecule is CCCNC1CCc2cc(OCc3ncccn3)ccc21. The molecule has 0 saturated heterocycles. The van der Waals surface area contributed by atoms with Crippen LogP contribution in [0.15, 0.2) is 36.7 Å². The minimum Gasteiger partial charge on any atom is -0.486 e. The molecule has 1 aliphatic rings. The Morgan fingerprint density at radius 1 is 1.29 bits per heavy atom. The van der Waals surface area contributed by atoms with Gasteiger partial charge in [0.1, 0.15) is 12.4 Å². The van der Waals surface area contributed by atoms with E-state index in [1.165, 1.54) is 24.0 Å². The van der Waals surface area contributed by atoms with Gasteiger partial charge < -0.3 is 10.1 Å². The van der Waals surface area contributed by atoms with Gasteiger partial charge in [0.05, 0.1) is 0 Å². The number of hydrogen-bond acceptors (Lipinski definition) is 4. The molecular weight excluding hydrogens is 262 g/mol. The van der Waals surface area contributed by atoms with E-state index in [1.807, 2.05) is 12.1 Å². The van der Waals surface area contributed by atoms with Crippen LogP contribution in [0.1, 0.15) is 42.8 Å². The van der Waals surface area contributed by atoms with Crippen molar-refractivity contribution in [3.8, 4) is 5.75 Å². The van der Waals surface area contributed by atoms with Gasteiger partial charge in [-0.1, -0.05) is 13.0 Å². The van der Waals surface area contributed by atoms with E-state index < -0.39 is 0 Å². The number of benzene rings is 1. The van der Waals surface area contributed by atoms with E-state index in [9.17, 15) is 0 Å². The maximum Gasteiger partial charge on any atom is 0.166 e. The van der Waals surface area contributed by atoms with E-state index in [2.05, 4.69) is 34.3 Å². The highest BCUT2D eigenvalue weighted by molar-refractivity contribution is 5.40. The predicted molar refractivity (Wildman–Crippen MR) is 82.2 cm³/mol. The molecule has 3 rings (SSSR count). The summed E-state index contributed by atoms with van der Waals surface area (Å²) in [7, 11) is 0. The summed E-state index contributed by atoms with van der Waals surface area (Å²) in [6.45, 7) is 3.69. The van der Waals surface area contributed by atoms with E-state index >= 15 is 0 Å². The molecule has 0 spiro atoms. The third kappa shape index (κ3) is 3.39. The van der Waals surface area contributed by atoms with Crippen molar-refractivity contribution in [1.82, 2.24) is 15.3 Å². The first-order chi connectivity index (χ1) is 10.4. The molecule has 0 radical (unpaired) electrons. The van der Waals surface area contributed by atoms with Crippen LogP contribution in [0.4, 0.5) is 0 Å². The van der Waals surface area contributed by atoms with Crippen molar-refractivity contribution in [3.05, 3.63) is 53.6 Å². The molecule has 0 aliphatic heterocycles. The molecule has 110 valence electrons. The number of nitrogens with one attached hydrogen (secondary N) is 1. The molecular formula is C17H21N3O. The lowest BCUT2D eigenvalue weighted by atomic mass is 10.1. The average molecular weight is 283 g/mol. The number of aromatic nitrogens is 2. The summed E-state index contributed by atoms with van der Waals surface area (Å²) in [6, 6.07) is 8.71. The second kappa shape index (κ2) is 6.68. The minimum atomic E-state index is 0.414. The Bertz CT molecular complexity index is 586. The third-order valence-corrected chi connectivity index (χ3v) is 3.82. The molecule has 21 heavy (non-hydrogen) atoms. The van der Waals surface area contributed by atoms with Crippen LogP contribution >= 0.6 is 0 Å². The van der Waals surface area contributed by atoms with Crippen LogP contribution in [0.3, 0.4) is 0 Å². The molecule has 0 saturated carbocycles. The Hall–Kier alpha value is -1.94. The fourth-order valence-corrected chi connectivity index (χ4v) is 2.77. The predicted octanol–water partition coefficient (Wildman–Crippen LogP) is 3.04. The minimum absolute atomic E-state index is 0.414. The highest BCUT2D eigenvalue weighted by Crippen LogP contribution is 2.33. The van der Waals surface area contributed by atoms with Crippen molar-refractivity contribution in [2.24, 2.45) is 0 Å². The molecule has 1 N–H and O–H groups in total. The zero-order valence-corrected chi connectivity index (χ0v) is 12.4. The summed E-state index contributed by atoms with van der Waals surface area (Å²) in [6.07, 6.45) is 6.94. The van der Waals surface area contributed by atoms with Gasteiger partial charge in [0.2, 0.25) is 0 Å². The van der Waals surface area contributed by atoms with Crippen molar-refractivity contribution >= 4 is 0 Å². The molecule has 1 unspecified atom stereocenters. The van der Waals surface area contributed by atoms with Crippen molar-refractivity contribution in [2.45, 2.75) is 38.8 Å². The molecule has 1 atom stereocenters. The van der Waals surface area contributed by atoms with Crippen LogP contribution in [0.25, 0.3) is 0 Å². The Kier molecular flexibility index (Phi) is 4.46. The molecule has 0 bridgehead atoms. The van der Waals surface area contributed by atoms with Gasteiger partial charge in [0, 0.05) is 18.4 Å². The van der Waals surface area contributed by atoms with Gasteiger partial charge >= 0.3 is 0 Å². The van der Waals surface area contributed by atoms with Gasteiger partial charge in [0.15, 0.2) is 5.82 Å². The smallest absolute Gasteiger partial charge is 0.166 e. The van der Waals surface area contributed by atoms with E-state index in [1.54, 1.807) is 12.4 Å². The van der Waals surface area contributed by atoms with E-state index in [0.717, 1.165) is 18.7 Å². The maximum absolute atomic E-state index is 5.79. The van der Waals surface area contributed by atoms with Crippen molar-refractivity contribution in [1.29, 1.82) is 0 Å². The first-order valence-corrected chi connectivity index (χ1v) is 7.61. The Morgan fingerprint density at radius 3 is 2.95 bits per heavy atom. The summed E-state index contributed by atoms with van der Waals surface area (Å²) in [5.41, 5.74) is 2.82. The summed E-state index contributed by atoms with van der Waals surface area (Å²) in [4.78, 5) is 8.33. The second-order valence-electron chi connectivity index (χ2n) is 5.36. The Labute approximate surface area is 125 Å². The molecule has 1 aromatic heterocycles. The summed E-state index contributed by atoms with van der Waals surface area (Å²) >= 11 is 0. The van der Waals surface area contributed by atoms with Crippen LogP contribution in [-0.2, 0) is 13.0 Å². The number of hydrogen-bond donors (Lipinski definition) is 1. The number of fused-ring (bicyclic) bond motifs is 1. The topological polar surface area (TPSA) is 47.0 Å². The van der Waals surface area contributed by atoms with E-state index in [-0.39, 0.29) is 0 Å². The molecule has 2 aromatic rings. The maximum atomic E-state index is 5.79. The summed E-state index contributed by atoms with van der Waals surface area (Å²) in [5.74, 6) is 1.61. The van der Waals surface area contributed by atoms with Gasteiger partial charge in [-0.3, -0.25) is 0 Å². The number of rotatable bonds is 6. The number of nitrogens with zero attached hydrogens (tertiary/aromatic N) is 2. The fraction of sp³-hybridized carbons (Fsp3) is 0.412. The van der Waals surface area contributed by atoms with E-state index in [0.29, 0.717) is 18.5 Å². The third-order valence-electron chi connectivity index (χ3n) is 3.82. The molecule has 4 nitrogen and oxygen atoms in total. The number of ether oxygens (including phenoxy) is 1. The second-order valence-corrected chi connectivity index (χ2v) is 5.36. The van der Waals surface area contributed by atoms with E-state index in [4.69, 9.17) is 4.74 Å². The monoisotopic (exact) mass is 283 g/mol. The van der Waals surface area contributed by atoms with Gasteiger partial charge in [-0.15, -0.1) is 0 Å². The Morgan fingerprint density at radius 2 is 2.14 bits per heavy atom. The van der Waals surface area contributed by atoms with Gasteiger partial charge in [0.25, 0.3) is 0 Å². The van der Waals surface area contributed by atoms with Gasteiger partial charge in [-0.2, -0.15) is 0 Å². The fourth-order valence-electron chi connectivity index (χ4n) is 2.77. The molecule has 1 aromatic carbocycles. The largest absolute Gasteiger partial charge is 0.486 e. The zero-order chi connectivity index (χ0) is 14.5. The first-order valence-electron chi connectivity index (χ1n) is 7.61. The normalized spacial score (nSPS) is 16.7. The van der Waals surface area contributed by atoms with Crippen molar-refractivity contribution in [3.63, 3.8) is 0 Å². The molecule has 0 fully saturated rings. The zero-order valence-electron chi connectivity index (χ0n) is 12.4. The summed E-state index contributed by atoms with van der Waals surface area (Å²) in [5, 5.41) is 3.60. The average Bonchev–Trinajstić information content (AvgIpc) is 2.94. The molecule has 0 amide bonds. The van der Waals surface area contributed by atoms with Crippen LogP contribution in [0.5, 0.6) is 5.75 Å². The van der Waals surface area contributed by atoms with Gasteiger partial charge in [-0.05, 0) is 55.1 Å². The molecule has 1 heterocycles. The highest BCUT2D eigenvalue weighted by Gasteiger charge is 2.21. The lowest BCUT2D eigenvalue weighted by Gasteiger charge is -2.13. The van der Waals surface area contributed by atoms with Crippen molar-refractivity contribution in [2.75, 3.05) is 6.54 Å². The van der Waals surface area contributed by atoms with Crippen LogP contribution < -0.4 is 10.1 Å². The highest BCUT2D eigenvalue weighted by atomic mass is 16.5. The molecule has 1 aliphatic carbocycles. The van der Waals surface area contributed by atoms with Crippen LogP contribution in [0, 0.1) is 0 Å². The standard InChI is InChI=1S/C17H21N3O/c1-2-8-18-16-7-4-13-11-14(5-6-15(13)16)21-12-17-19-9-3-10-20-17/h3,5-6,9-11,16,18H,2,4,7-8,12H2,1H3. The lowest BCUT2D eigenvalue weighted by molar-refractivity contribution is 0.295. The van der Waals surface area contributed by atoms with Crippen LogP contribution in [0.2, 0.25) is 0 Å². The summed E-state index contributed by atoms with van der Waals surface area (Å²) < 4.78 is 5.79. The Balaban J connectivity index is 1.64. The van der Waals surface area contributed by atoms with Crippen LogP contribution in [-0.4, -0.2) is 16.5 Å². The van der Waals surface area contributed by atoms with Gasteiger partial charge in [-0.25, -0.2) is 9.97 Å². The quantitative estimate of drug-likeness (QED) is 0.885. The lowest BCUT2D eigenvalue weighted by Crippen LogP contribution is -2.19. The van der Waals surface area contributed by atoms with Crippen molar-refractivity contribution < 1.29 is 4.74 Å². The molecule has 4 heteroatoms. The number of aryl methyl sites for hydroxylation is 1. The first kappa shape index (κ1) is 14.0.